The highest BCUT2D eigenvalue weighted by Crippen LogP contribution is 2.28. The van der Waals surface area contributed by atoms with Crippen LogP contribution < -0.4 is 15.9 Å². The van der Waals surface area contributed by atoms with Crippen LogP contribution in [0.2, 0.25) is 0 Å². The smallest absolute Gasteiger partial charge is 0.336 e. The molecule has 0 aliphatic rings. The molecule has 2 aromatic heterocycles. The van der Waals surface area contributed by atoms with Crippen molar-refractivity contribution in [3.63, 3.8) is 0 Å². The monoisotopic (exact) mass is 448 g/mol. The molecule has 0 aliphatic carbocycles. The fourth-order valence-electron chi connectivity index (χ4n) is 2.97. The Bertz CT molecular complexity index is 1360. The number of nitrogens with one attached hydrogen (secondary N) is 1. The number of rotatable bonds is 7. The van der Waals surface area contributed by atoms with Crippen molar-refractivity contribution < 1.29 is 24.1 Å². The highest BCUT2D eigenvalue weighted by Gasteiger charge is 2.25. The van der Waals surface area contributed by atoms with Crippen molar-refractivity contribution in [1.29, 1.82) is 0 Å². The molecule has 2 aromatic carbocycles. The molecule has 4 rings (SSSR count). The number of hydrogen-bond acceptors (Lipinski definition) is 10. The zero-order chi connectivity index (χ0) is 23.4. The number of carbonyl (C=O) groups excluding carboxylic acids is 1. The molecule has 0 saturated carbocycles. The van der Waals surface area contributed by atoms with Crippen LogP contribution >= 0.6 is 0 Å². The van der Waals surface area contributed by atoms with Crippen molar-refractivity contribution in [3.8, 4) is 22.8 Å². The molecule has 4 aromatic rings. The predicted octanol–water partition coefficient (Wildman–Crippen LogP) is 1.37. The van der Waals surface area contributed by atoms with Crippen LogP contribution in [0.1, 0.15) is 26.4 Å². The van der Waals surface area contributed by atoms with Gasteiger partial charge >= 0.3 is 5.97 Å². The molecule has 33 heavy (non-hydrogen) atoms. The third-order valence-electron chi connectivity index (χ3n) is 4.49. The van der Waals surface area contributed by atoms with Gasteiger partial charge in [-0.2, -0.15) is 9.78 Å². The molecule has 13 nitrogen and oxygen atoms in total. The maximum absolute atomic E-state index is 12.9. The summed E-state index contributed by atoms with van der Waals surface area (Å²) in [5, 5.41) is 28.3. The second-order valence-electron chi connectivity index (χ2n) is 6.50. The minimum Gasteiger partial charge on any atom is -0.497 e. The van der Waals surface area contributed by atoms with Gasteiger partial charge in [0.1, 0.15) is 11.4 Å². The largest absolute Gasteiger partial charge is 0.497 e. The first-order valence-corrected chi connectivity index (χ1v) is 9.34. The Morgan fingerprint density at radius 2 is 2.03 bits per heavy atom. The standard InChI is InChI=1S/C20H16N8O5/c1-32-13-7-4-6-11(9-13)16-15(23-27-28(16)18-17(21)25-33-26-18)19(29)24-22-10-12-5-2-3-8-14(12)20(30)31/h2-10H,1H3,(H2,21,25)(H,24,29)(H,30,31)/b22-10-. The average molecular weight is 448 g/mol. The van der Waals surface area contributed by atoms with Gasteiger partial charge in [0.15, 0.2) is 5.69 Å². The lowest BCUT2D eigenvalue weighted by atomic mass is 10.1. The SMILES string of the molecule is COc1cccc(-c2c(C(=O)N/N=C\c3ccccc3C(=O)O)nnn2-c2nonc2N)c1. The van der Waals surface area contributed by atoms with E-state index in [9.17, 15) is 14.7 Å². The van der Waals surface area contributed by atoms with Crippen LogP contribution in [0.5, 0.6) is 5.75 Å². The van der Waals surface area contributed by atoms with Gasteiger partial charge in [0.25, 0.3) is 5.91 Å². The van der Waals surface area contributed by atoms with E-state index in [2.05, 4.69) is 35.8 Å². The molecular weight excluding hydrogens is 432 g/mol. The number of carboxylic acids is 1. The first-order chi connectivity index (χ1) is 16.0. The van der Waals surface area contributed by atoms with Gasteiger partial charge in [-0.05, 0) is 28.5 Å². The molecule has 2 heterocycles. The second kappa shape index (κ2) is 8.97. The van der Waals surface area contributed by atoms with Crippen LogP contribution in [0.15, 0.2) is 58.3 Å². The summed E-state index contributed by atoms with van der Waals surface area (Å²) >= 11 is 0. The van der Waals surface area contributed by atoms with E-state index in [1.54, 1.807) is 42.5 Å². The van der Waals surface area contributed by atoms with Gasteiger partial charge in [0.2, 0.25) is 11.6 Å². The Hall–Kier alpha value is -5.07. The molecular formula is C20H16N8O5. The van der Waals surface area contributed by atoms with E-state index in [0.717, 1.165) is 0 Å². The zero-order valence-corrected chi connectivity index (χ0v) is 17.0. The van der Waals surface area contributed by atoms with Crippen molar-refractivity contribution in [1.82, 2.24) is 30.7 Å². The molecule has 0 bridgehead atoms. The molecule has 0 unspecified atom stereocenters. The van der Waals surface area contributed by atoms with Crippen LogP contribution in [0.4, 0.5) is 5.82 Å². The number of benzene rings is 2. The number of carbonyl (C=O) groups is 2. The Kier molecular flexibility index (Phi) is 5.75. The number of ether oxygens (including phenoxy) is 1. The minimum absolute atomic E-state index is 0.0347. The van der Waals surface area contributed by atoms with Crippen LogP contribution in [0, 0.1) is 0 Å². The van der Waals surface area contributed by atoms with Gasteiger partial charge in [-0.3, -0.25) is 4.79 Å². The number of aromatic carboxylic acids is 1. The number of amides is 1. The predicted molar refractivity (Wildman–Crippen MR) is 114 cm³/mol. The number of carboxylic acid groups (broad SMARTS) is 1. The third kappa shape index (κ3) is 4.23. The molecule has 0 aliphatic heterocycles. The van der Waals surface area contributed by atoms with E-state index in [-0.39, 0.29) is 28.6 Å². The maximum atomic E-state index is 12.9. The number of methoxy groups -OCH3 is 1. The quantitative estimate of drug-likeness (QED) is 0.275. The van der Waals surface area contributed by atoms with Gasteiger partial charge in [0.05, 0.1) is 18.9 Å². The topological polar surface area (TPSA) is 184 Å². The van der Waals surface area contributed by atoms with Crippen molar-refractivity contribution in [2.45, 2.75) is 0 Å². The summed E-state index contributed by atoms with van der Waals surface area (Å²) in [4.78, 5) is 24.2. The summed E-state index contributed by atoms with van der Waals surface area (Å²) in [6, 6.07) is 13.0. The van der Waals surface area contributed by atoms with Crippen LogP contribution in [0.25, 0.3) is 17.1 Å². The van der Waals surface area contributed by atoms with Crippen molar-refractivity contribution >= 4 is 23.9 Å². The van der Waals surface area contributed by atoms with Crippen LogP contribution in [0.3, 0.4) is 0 Å². The fraction of sp³-hybridized carbons (Fsp3) is 0.0500. The molecule has 1 amide bonds. The number of hydrazone groups is 1. The normalized spacial score (nSPS) is 10.9. The molecule has 0 radical (unpaired) electrons. The van der Waals surface area contributed by atoms with E-state index in [1.165, 1.54) is 24.1 Å². The van der Waals surface area contributed by atoms with Crippen molar-refractivity contribution in [3.05, 3.63) is 65.4 Å². The average Bonchev–Trinajstić information content (AvgIpc) is 3.45. The first-order valence-electron chi connectivity index (χ1n) is 9.34. The molecule has 0 spiro atoms. The lowest BCUT2D eigenvalue weighted by Crippen LogP contribution is -2.19. The highest BCUT2D eigenvalue weighted by atomic mass is 16.6. The number of hydrogen-bond donors (Lipinski definition) is 3. The van der Waals surface area contributed by atoms with Crippen molar-refractivity contribution in [2.75, 3.05) is 12.8 Å². The van der Waals surface area contributed by atoms with Gasteiger partial charge in [-0.25, -0.2) is 14.8 Å². The molecule has 0 atom stereocenters. The van der Waals surface area contributed by atoms with E-state index in [0.29, 0.717) is 16.9 Å². The molecule has 0 saturated heterocycles. The maximum Gasteiger partial charge on any atom is 0.336 e. The van der Waals surface area contributed by atoms with Gasteiger partial charge in [-0.1, -0.05) is 35.5 Å². The van der Waals surface area contributed by atoms with Gasteiger partial charge in [0, 0.05) is 11.1 Å². The summed E-state index contributed by atoms with van der Waals surface area (Å²) in [5.74, 6) is -1.32. The highest BCUT2D eigenvalue weighted by molar-refractivity contribution is 6.00. The number of nitrogens with zero attached hydrogens (tertiary/aromatic N) is 6. The first kappa shape index (κ1) is 21.2. The Labute approximate surface area is 185 Å². The molecule has 0 fully saturated rings. The van der Waals surface area contributed by atoms with Crippen LogP contribution in [-0.4, -0.2) is 55.6 Å². The summed E-state index contributed by atoms with van der Waals surface area (Å²) < 4.78 is 11.1. The molecule has 13 heteroatoms. The molecule has 166 valence electrons. The van der Waals surface area contributed by atoms with E-state index >= 15 is 0 Å². The second-order valence-corrected chi connectivity index (χ2v) is 6.50. The minimum atomic E-state index is -1.12. The fourth-order valence-corrected chi connectivity index (χ4v) is 2.97. The lowest BCUT2D eigenvalue weighted by molar-refractivity contribution is 0.0696. The lowest BCUT2D eigenvalue weighted by Gasteiger charge is -2.07. The summed E-state index contributed by atoms with van der Waals surface area (Å²) in [5.41, 5.74) is 9.11. The Morgan fingerprint density at radius 3 is 2.76 bits per heavy atom. The summed E-state index contributed by atoms with van der Waals surface area (Å²) in [6.07, 6.45) is 1.22. The van der Waals surface area contributed by atoms with Gasteiger partial charge < -0.3 is 15.6 Å². The number of nitrogens with two attached hydrogens (primary N) is 1. The number of nitrogen functional groups attached to an aromatic ring is 1. The van der Waals surface area contributed by atoms with Crippen molar-refractivity contribution in [2.24, 2.45) is 5.10 Å². The Balaban J connectivity index is 1.70. The summed E-state index contributed by atoms with van der Waals surface area (Å²) in [7, 11) is 1.51. The van der Waals surface area contributed by atoms with Gasteiger partial charge in [-0.15, -0.1) is 5.10 Å². The Morgan fingerprint density at radius 1 is 1.21 bits per heavy atom. The van der Waals surface area contributed by atoms with E-state index in [1.807, 2.05) is 0 Å². The third-order valence-corrected chi connectivity index (χ3v) is 4.49. The van der Waals surface area contributed by atoms with E-state index in [4.69, 9.17) is 10.5 Å². The van der Waals surface area contributed by atoms with E-state index < -0.39 is 11.9 Å². The zero-order valence-electron chi connectivity index (χ0n) is 17.0. The number of aromatic nitrogens is 5. The summed E-state index contributed by atoms with van der Waals surface area (Å²) in [6.45, 7) is 0. The molecule has 4 N–H and O–H groups in total. The van der Waals surface area contributed by atoms with Crippen LogP contribution in [-0.2, 0) is 0 Å². The number of anilines is 1.